The van der Waals surface area contributed by atoms with Crippen LogP contribution < -0.4 is 5.32 Å². The van der Waals surface area contributed by atoms with Crippen LogP contribution in [0.1, 0.15) is 39.0 Å². The van der Waals surface area contributed by atoms with Gasteiger partial charge in [0.15, 0.2) is 9.84 Å². The highest BCUT2D eigenvalue weighted by Crippen LogP contribution is 2.31. The number of hydrogen-bond acceptors (Lipinski definition) is 5. The van der Waals surface area contributed by atoms with E-state index in [1.165, 1.54) is 18.4 Å². The first kappa shape index (κ1) is 27.4. The lowest BCUT2D eigenvalue weighted by Gasteiger charge is -2.22. The third-order valence-electron chi connectivity index (χ3n) is 5.47. The van der Waals surface area contributed by atoms with E-state index in [1.54, 1.807) is 64.1 Å². The van der Waals surface area contributed by atoms with Crippen molar-refractivity contribution in [3.05, 3.63) is 71.7 Å². The second-order valence-corrected chi connectivity index (χ2v) is 11.7. The number of halogens is 1. The molecule has 2 aromatic carbocycles. The zero-order valence-corrected chi connectivity index (χ0v) is 22.3. The third kappa shape index (κ3) is 7.18. The Morgan fingerprint density at radius 1 is 1.08 bits per heavy atom. The zero-order valence-electron chi connectivity index (χ0n) is 21.5. The summed E-state index contributed by atoms with van der Waals surface area (Å²) in [4.78, 5) is 12.2. The van der Waals surface area contributed by atoms with Gasteiger partial charge in [0.25, 0.3) is 0 Å². The maximum atomic E-state index is 13.6. The normalized spacial score (nSPS) is 12.9. The Bertz CT molecular complexity index is 1310. The minimum absolute atomic E-state index is 0.239. The minimum atomic E-state index is -3.31. The number of carbonyl (C=O) groups is 1. The molecule has 0 unspecified atom stereocenters. The monoisotopic (exact) mass is 516 g/mol. The van der Waals surface area contributed by atoms with E-state index < -0.39 is 27.8 Å². The van der Waals surface area contributed by atoms with Crippen LogP contribution in [-0.2, 0) is 25.7 Å². The van der Waals surface area contributed by atoms with Crippen molar-refractivity contribution in [3.63, 3.8) is 0 Å². The fourth-order valence-electron chi connectivity index (χ4n) is 3.78. The van der Waals surface area contributed by atoms with Gasteiger partial charge in [-0.15, -0.1) is 0 Å². The predicted molar refractivity (Wildman–Crippen MR) is 137 cm³/mol. The maximum absolute atomic E-state index is 13.6. The Hall–Kier alpha value is -3.17. The van der Waals surface area contributed by atoms with E-state index in [0.717, 1.165) is 28.2 Å². The number of nitrogens with zero attached hydrogens (tertiary/aromatic N) is 1. The molecule has 0 aliphatic carbocycles. The average molecular weight is 517 g/mol. The van der Waals surface area contributed by atoms with E-state index in [2.05, 4.69) is 5.32 Å². The molecule has 3 aromatic rings. The van der Waals surface area contributed by atoms with Crippen LogP contribution in [0.25, 0.3) is 16.9 Å². The highest BCUT2D eigenvalue weighted by atomic mass is 32.2. The molecule has 1 heterocycles. The van der Waals surface area contributed by atoms with Gasteiger partial charge in [-0.1, -0.05) is 12.1 Å². The summed E-state index contributed by atoms with van der Waals surface area (Å²) >= 11 is 0. The van der Waals surface area contributed by atoms with Gasteiger partial charge in [-0.3, -0.25) is 5.32 Å². The van der Waals surface area contributed by atoms with Crippen molar-refractivity contribution in [2.24, 2.45) is 0 Å². The molecule has 1 atom stereocenters. The molecule has 1 aromatic heterocycles. The van der Waals surface area contributed by atoms with Gasteiger partial charge in [0.2, 0.25) is 0 Å². The van der Waals surface area contributed by atoms with Crippen LogP contribution in [0.2, 0.25) is 0 Å². The minimum Gasteiger partial charge on any atom is -0.444 e. The Labute approximate surface area is 212 Å². The third-order valence-corrected chi connectivity index (χ3v) is 6.60. The van der Waals surface area contributed by atoms with Crippen molar-refractivity contribution in [1.82, 2.24) is 9.88 Å². The molecule has 1 N–H and O–H groups in total. The van der Waals surface area contributed by atoms with Crippen molar-refractivity contribution >= 4 is 15.9 Å². The van der Waals surface area contributed by atoms with Crippen LogP contribution in [0.5, 0.6) is 0 Å². The van der Waals surface area contributed by atoms with E-state index in [-0.39, 0.29) is 10.7 Å². The van der Waals surface area contributed by atoms with Crippen molar-refractivity contribution in [2.45, 2.75) is 57.8 Å². The number of sulfone groups is 1. The Morgan fingerprint density at radius 3 is 2.25 bits per heavy atom. The molecule has 0 aliphatic heterocycles. The van der Waals surface area contributed by atoms with Crippen LogP contribution in [0.3, 0.4) is 0 Å². The molecular formula is C27H33FN2O5S. The number of rotatable bonds is 8. The fourth-order valence-corrected chi connectivity index (χ4v) is 4.41. The van der Waals surface area contributed by atoms with Gasteiger partial charge in [0.05, 0.1) is 17.2 Å². The molecule has 194 valence electrons. The van der Waals surface area contributed by atoms with Crippen molar-refractivity contribution in [2.75, 3.05) is 12.9 Å². The van der Waals surface area contributed by atoms with Gasteiger partial charge in [-0.2, -0.15) is 0 Å². The summed E-state index contributed by atoms with van der Waals surface area (Å²) in [6.07, 6.45) is 0.648. The van der Waals surface area contributed by atoms with E-state index in [9.17, 15) is 17.6 Å². The number of ether oxygens (including phenoxy) is 2. The molecule has 0 radical (unpaired) electrons. The van der Waals surface area contributed by atoms with Gasteiger partial charge in [-0.25, -0.2) is 17.6 Å². The summed E-state index contributed by atoms with van der Waals surface area (Å²) in [7, 11) is -3.31. The fraction of sp³-hybridized carbons (Fsp3) is 0.370. The molecule has 0 bridgehead atoms. The molecule has 0 fully saturated rings. The first-order chi connectivity index (χ1) is 16.7. The number of carbonyl (C=O) groups excluding carboxylic acids is 1. The zero-order chi connectivity index (χ0) is 26.7. The number of hydrogen-bond donors (Lipinski definition) is 1. The summed E-state index contributed by atoms with van der Waals surface area (Å²) in [5.41, 5.74) is 3.80. The summed E-state index contributed by atoms with van der Waals surface area (Å²) < 4.78 is 50.4. The summed E-state index contributed by atoms with van der Waals surface area (Å²) in [5.74, 6) is -0.331. The second-order valence-electron chi connectivity index (χ2n) is 9.66. The first-order valence-electron chi connectivity index (χ1n) is 11.6. The van der Waals surface area contributed by atoms with Crippen LogP contribution in [0.15, 0.2) is 59.5 Å². The molecule has 0 saturated heterocycles. The number of aromatic nitrogens is 1. The van der Waals surface area contributed by atoms with Gasteiger partial charge in [-0.05, 0) is 94.6 Å². The first-order valence-corrected chi connectivity index (χ1v) is 13.5. The van der Waals surface area contributed by atoms with E-state index >= 15 is 0 Å². The predicted octanol–water partition coefficient (Wildman–Crippen LogP) is 5.43. The van der Waals surface area contributed by atoms with E-state index in [4.69, 9.17) is 9.47 Å². The van der Waals surface area contributed by atoms with Crippen molar-refractivity contribution < 1.29 is 27.1 Å². The van der Waals surface area contributed by atoms with Gasteiger partial charge in [0.1, 0.15) is 17.6 Å². The summed E-state index contributed by atoms with van der Waals surface area (Å²) in [6, 6.07) is 14.9. The van der Waals surface area contributed by atoms with Crippen LogP contribution in [-0.4, -0.2) is 43.8 Å². The summed E-state index contributed by atoms with van der Waals surface area (Å²) in [6.45, 7) is 9.42. The molecular weight excluding hydrogens is 483 g/mol. The number of benzene rings is 2. The lowest BCUT2D eigenvalue weighted by Crippen LogP contribution is -2.39. The largest absolute Gasteiger partial charge is 0.444 e. The Morgan fingerprint density at radius 2 is 1.69 bits per heavy atom. The Kier molecular flexibility index (Phi) is 8.26. The molecule has 3 rings (SSSR count). The Balaban J connectivity index is 1.83. The molecule has 0 spiro atoms. The van der Waals surface area contributed by atoms with Gasteiger partial charge >= 0.3 is 6.09 Å². The summed E-state index contributed by atoms with van der Waals surface area (Å²) in [5, 5.41) is 2.66. The van der Waals surface area contributed by atoms with E-state index in [1.807, 2.05) is 17.6 Å². The van der Waals surface area contributed by atoms with Gasteiger partial charge in [0, 0.05) is 17.6 Å². The van der Waals surface area contributed by atoms with Crippen LogP contribution in [0, 0.1) is 12.7 Å². The number of amides is 1. The number of nitrogens with one attached hydrogen (secondary N) is 1. The molecule has 1 amide bonds. The van der Waals surface area contributed by atoms with Gasteiger partial charge < -0.3 is 14.0 Å². The van der Waals surface area contributed by atoms with Crippen molar-refractivity contribution in [3.8, 4) is 16.9 Å². The second kappa shape index (κ2) is 10.8. The number of alkyl carbamates (subject to hydrolysis) is 1. The molecule has 0 saturated carbocycles. The average Bonchev–Trinajstić information content (AvgIpc) is 3.08. The standard InChI is InChI=1S/C27H33FN2O5S/c1-18-21(15-16-34-19(2)29-26(31)35-27(3,4)5)17-25(30(18)23-11-9-22(28)10-12-23)20-7-13-24(14-8-20)36(6,32)33/h7-14,17,19H,15-16H2,1-6H3,(H,29,31)/t19-/m0/s1. The maximum Gasteiger partial charge on any atom is 0.409 e. The highest BCUT2D eigenvalue weighted by molar-refractivity contribution is 7.90. The van der Waals surface area contributed by atoms with E-state index in [0.29, 0.717) is 13.0 Å². The molecule has 36 heavy (non-hydrogen) atoms. The van der Waals surface area contributed by atoms with Crippen molar-refractivity contribution in [1.29, 1.82) is 0 Å². The lowest BCUT2D eigenvalue weighted by atomic mass is 10.1. The smallest absolute Gasteiger partial charge is 0.409 e. The SMILES string of the molecule is Cc1c(CCO[C@@H](C)NC(=O)OC(C)(C)C)cc(-c2ccc(S(C)(=O)=O)cc2)n1-c1ccc(F)cc1. The molecule has 0 aliphatic rings. The van der Waals surface area contributed by atoms with Crippen LogP contribution >= 0.6 is 0 Å². The molecule has 7 nitrogen and oxygen atoms in total. The molecule has 9 heteroatoms. The topological polar surface area (TPSA) is 86.6 Å². The lowest BCUT2D eigenvalue weighted by molar-refractivity contribution is 0.0142. The highest BCUT2D eigenvalue weighted by Gasteiger charge is 2.19. The van der Waals surface area contributed by atoms with Crippen LogP contribution in [0.4, 0.5) is 9.18 Å². The quantitative estimate of drug-likeness (QED) is 0.404.